The lowest BCUT2D eigenvalue weighted by Gasteiger charge is -2.06. The molecule has 0 aliphatic carbocycles. The molecule has 2 rings (SSSR count). The highest BCUT2D eigenvalue weighted by molar-refractivity contribution is 7.09. The zero-order chi connectivity index (χ0) is 15.5. The lowest BCUT2D eigenvalue weighted by atomic mass is 10.2. The molecule has 0 saturated carbocycles. The number of benzene rings is 1. The number of nitrogens with zero attached hydrogens (tertiary/aromatic N) is 1. The summed E-state index contributed by atoms with van der Waals surface area (Å²) < 4.78 is 36.0. The predicted molar refractivity (Wildman–Crippen MR) is 72.0 cm³/mol. The zero-order valence-corrected chi connectivity index (χ0v) is 11.5. The summed E-state index contributed by atoms with van der Waals surface area (Å²) in [6.07, 6.45) is -4.65. The first-order valence-corrected chi connectivity index (χ1v) is 6.83. The maximum Gasteiger partial charge on any atom is 0.471 e. The molecule has 0 fully saturated rings. The first kappa shape index (κ1) is 15.3. The second-order valence-corrected chi connectivity index (χ2v) is 5.12. The summed E-state index contributed by atoms with van der Waals surface area (Å²) in [5, 5.41) is 13.5. The molecule has 8 heteroatoms. The fourth-order valence-electron chi connectivity index (χ4n) is 1.61. The van der Waals surface area contributed by atoms with E-state index in [1.54, 1.807) is 28.9 Å². The maximum atomic E-state index is 12.0. The summed E-state index contributed by atoms with van der Waals surface area (Å²) in [6.45, 7) is -0.134. The number of aromatic nitrogens is 1. The Balaban J connectivity index is 1.94. The van der Waals surface area contributed by atoms with Gasteiger partial charge in [0.25, 0.3) is 0 Å². The third-order valence-corrected chi connectivity index (χ3v) is 3.48. The van der Waals surface area contributed by atoms with Crippen molar-refractivity contribution >= 4 is 17.2 Å². The third-order valence-electron chi connectivity index (χ3n) is 2.58. The van der Waals surface area contributed by atoms with Crippen molar-refractivity contribution in [1.29, 1.82) is 0 Å². The number of thiazole rings is 1. The van der Waals surface area contributed by atoms with Crippen molar-refractivity contribution in [3.8, 4) is 17.0 Å². The van der Waals surface area contributed by atoms with Crippen LogP contribution in [0, 0.1) is 0 Å². The SMILES string of the molecule is O=C(NCCc1nc(-c2cccc(O)c2)cs1)C(F)(F)F. The minimum atomic E-state index is -4.87. The number of carbonyl (C=O) groups excluding carboxylic acids is 1. The van der Waals surface area contributed by atoms with E-state index in [-0.39, 0.29) is 18.7 Å². The molecule has 21 heavy (non-hydrogen) atoms. The molecule has 1 aromatic carbocycles. The van der Waals surface area contributed by atoms with Crippen LogP contribution >= 0.6 is 11.3 Å². The van der Waals surface area contributed by atoms with Gasteiger partial charge >= 0.3 is 12.1 Å². The molecule has 112 valence electrons. The van der Waals surface area contributed by atoms with Gasteiger partial charge in [0.1, 0.15) is 5.75 Å². The van der Waals surface area contributed by atoms with Crippen LogP contribution in [0.4, 0.5) is 13.2 Å². The number of aromatic hydroxyl groups is 1. The van der Waals surface area contributed by atoms with Gasteiger partial charge in [0.2, 0.25) is 0 Å². The normalized spacial score (nSPS) is 11.4. The van der Waals surface area contributed by atoms with E-state index in [1.807, 2.05) is 0 Å². The van der Waals surface area contributed by atoms with Gasteiger partial charge in [-0.05, 0) is 12.1 Å². The summed E-state index contributed by atoms with van der Waals surface area (Å²) in [7, 11) is 0. The van der Waals surface area contributed by atoms with Crippen LogP contribution in [0.25, 0.3) is 11.3 Å². The van der Waals surface area contributed by atoms with Crippen molar-refractivity contribution in [1.82, 2.24) is 10.3 Å². The second kappa shape index (κ2) is 6.13. The molecular formula is C13H11F3N2O2S. The Kier molecular flexibility index (Phi) is 4.46. The van der Waals surface area contributed by atoms with Gasteiger partial charge < -0.3 is 10.4 Å². The van der Waals surface area contributed by atoms with Crippen molar-refractivity contribution in [2.45, 2.75) is 12.6 Å². The van der Waals surface area contributed by atoms with E-state index in [9.17, 15) is 23.1 Å². The molecule has 0 radical (unpaired) electrons. The molecule has 0 aliphatic heterocycles. The van der Waals surface area contributed by atoms with Gasteiger partial charge in [-0.2, -0.15) is 13.2 Å². The largest absolute Gasteiger partial charge is 0.508 e. The molecule has 4 nitrogen and oxygen atoms in total. The van der Waals surface area contributed by atoms with Gasteiger partial charge in [0.15, 0.2) is 0 Å². The topological polar surface area (TPSA) is 62.2 Å². The number of carbonyl (C=O) groups is 1. The summed E-state index contributed by atoms with van der Waals surface area (Å²) in [4.78, 5) is 14.9. The van der Waals surface area contributed by atoms with E-state index >= 15 is 0 Å². The van der Waals surface area contributed by atoms with Crippen molar-refractivity contribution < 1.29 is 23.1 Å². The first-order valence-electron chi connectivity index (χ1n) is 5.95. The van der Waals surface area contributed by atoms with Crippen LogP contribution < -0.4 is 5.32 Å². The highest BCUT2D eigenvalue weighted by Gasteiger charge is 2.38. The van der Waals surface area contributed by atoms with Gasteiger partial charge in [-0.25, -0.2) is 4.98 Å². The number of halogens is 3. The zero-order valence-electron chi connectivity index (χ0n) is 10.6. The van der Waals surface area contributed by atoms with Crippen LogP contribution in [0.15, 0.2) is 29.6 Å². The highest BCUT2D eigenvalue weighted by atomic mass is 32.1. The number of phenolic OH excluding ortho intramolecular Hbond substituents is 1. The lowest BCUT2D eigenvalue weighted by Crippen LogP contribution is -2.37. The number of nitrogens with one attached hydrogen (secondary N) is 1. The van der Waals surface area contributed by atoms with Crippen LogP contribution in [-0.4, -0.2) is 28.7 Å². The van der Waals surface area contributed by atoms with Crippen molar-refractivity contribution in [3.05, 3.63) is 34.7 Å². The highest BCUT2D eigenvalue weighted by Crippen LogP contribution is 2.25. The number of hydrogen-bond donors (Lipinski definition) is 2. The predicted octanol–water partition coefficient (Wildman–Crippen LogP) is 2.74. The number of amides is 1. The minimum absolute atomic E-state index is 0.111. The lowest BCUT2D eigenvalue weighted by molar-refractivity contribution is -0.173. The molecule has 1 amide bonds. The molecule has 0 atom stereocenters. The molecule has 1 heterocycles. The minimum Gasteiger partial charge on any atom is -0.508 e. The molecule has 2 aromatic rings. The van der Waals surface area contributed by atoms with E-state index in [0.717, 1.165) is 5.56 Å². The Labute approximate surface area is 122 Å². The van der Waals surface area contributed by atoms with Crippen LogP contribution in [0.3, 0.4) is 0 Å². The average molecular weight is 316 g/mol. The van der Waals surface area contributed by atoms with E-state index < -0.39 is 12.1 Å². The van der Waals surface area contributed by atoms with Gasteiger partial charge in [-0.15, -0.1) is 11.3 Å². The first-order chi connectivity index (χ1) is 9.86. The Hall–Kier alpha value is -2.09. The van der Waals surface area contributed by atoms with Crippen LogP contribution in [0.5, 0.6) is 5.75 Å². The number of hydrogen-bond acceptors (Lipinski definition) is 4. The quantitative estimate of drug-likeness (QED) is 0.912. The monoisotopic (exact) mass is 316 g/mol. The molecule has 0 unspecified atom stereocenters. The fourth-order valence-corrected chi connectivity index (χ4v) is 2.41. The molecule has 0 spiro atoms. The Morgan fingerprint density at radius 2 is 2.14 bits per heavy atom. The maximum absolute atomic E-state index is 12.0. The average Bonchev–Trinajstić information content (AvgIpc) is 2.86. The third kappa shape index (κ3) is 4.19. The Morgan fingerprint density at radius 3 is 2.81 bits per heavy atom. The van der Waals surface area contributed by atoms with Crippen LogP contribution in [0.1, 0.15) is 5.01 Å². The smallest absolute Gasteiger partial charge is 0.471 e. The number of rotatable bonds is 4. The van der Waals surface area contributed by atoms with Crippen molar-refractivity contribution in [2.24, 2.45) is 0 Å². The summed E-state index contributed by atoms with van der Waals surface area (Å²) >= 11 is 1.28. The summed E-state index contributed by atoms with van der Waals surface area (Å²) in [5.74, 6) is -1.84. The Bertz CT molecular complexity index is 640. The molecule has 2 N–H and O–H groups in total. The molecule has 0 saturated heterocycles. The van der Waals surface area contributed by atoms with E-state index in [4.69, 9.17) is 0 Å². The van der Waals surface area contributed by atoms with E-state index in [2.05, 4.69) is 4.98 Å². The molecule has 1 aromatic heterocycles. The summed E-state index contributed by atoms with van der Waals surface area (Å²) in [6, 6.07) is 6.52. The number of alkyl halides is 3. The van der Waals surface area contributed by atoms with Crippen molar-refractivity contribution in [2.75, 3.05) is 6.54 Å². The second-order valence-electron chi connectivity index (χ2n) is 4.18. The van der Waals surface area contributed by atoms with Gasteiger partial charge in [0.05, 0.1) is 10.7 Å². The van der Waals surface area contributed by atoms with Gasteiger partial charge in [-0.1, -0.05) is 12.1 Å². The van der Waals surface area contributed by atoms with Gasteiger partial charge in [0, 0.05) is 23.9 Å². The van der Waals surface area contributed by atoms with Crippen LogP contribution in [-0.2, 0) is 11.2 Å². The molecule has 0 aliphatic rings. The van der Waals surface area contributed by atoms with Gasteiger partial charge in [-0.3, -0.25) is 4.79 Å². The van der Waals surface area contributed by atoms with E-state index in [0.29, 0.717) is 10.7 Å². The molecule has 0 bridgehead atoms. The fraction of sp³-hybridized carbons (Fsp3) is 0.231. The summed E-state index contributed by atoms with van der Waals surface area (Å²) in [5.41, 5.74) is 1.35. The van der Waals surface area contributed by atoms with Crippen molar-refractivity contribution in [3.63, 3.8) is 0 Å². The van der Waals surface area contributed by atoms with Crippen LogP contribution in [0.2, 0.25) is 0 Å². The standard InChI is InChI=1S/C13H11F3N2O2S/c14-13(15,16)12(20)17-5-4-11-18-10(7-21-11)8-2-1-3-9(19)6-8/h1-3,6-7,19H,4-5H2,(H,17,20). The Morgan fingerprint density at radius 1 is 1.38 bits per heavy atom. The molecular weight excluding hydrogens is 305 g/mol. The number of phenols is 1. The van der Waals surface area contributed by atoms with E-state index in [1.165, 1.54) is 17.4 Å².